The largest absolute Gasteiger partial charge is 0.265 e. The molecular weight excluding hydrogens is 240 g/mol. The molecule has 0 saturated heterocycles. The Morgan fingerprint density at radius 2 is 1.53 bits per heavy atom. The Morgan fingerprint density at radius 1 is 1.00 bits per heavy atom. The molecular formula is C9H4Cl2FN3. The van der Waals surface area contributed by atoms with Gasteiger partial charge in [0.1, 0.15) is 0 Å². The molecule has 0 aliphatic rings. The lowest BCUT2D eigenvalue weighted by Crippen LogP contribution is -1.94. The molecule has 2 aromatic heterocycles. The van der Waals surface area contributed by atoms with Crippen LogP contribution in [0.1, 0.15) is 0 Å². The van der Waals surface area contributed by atoms with Crippen LogP contribution in [0.25, 0.3) is 11.4 Å². The van der Waals surface area contributed by atoms with Crippen LogP contribution >= 0.6 is 23.2 Å². The van der Waals surface area contributed by atoms with Gasteiger partial charge < -0.3 is 0 Å². The van der Waals surface area contributed by atoms with Crippen molar-refractivity contribution in [3.8, 4) is 11.4 Å². The van der Waals surface area contributed by atoms with Crippen molar-refractivity contribution in [2.75, 3.05) is 0 Å². The predicted molar refractivity (Wildman–Crippen MR) is 55.2 cm³/mol. The number of rotatable bonds is 1. The summed E-state index contributed by atoms with van der Waals surface area (Å²) in [5, 5.41) is -0.580. The number of nitrogens with zero attached hydrogens (tertiary/aromatic N) is 3. The van der Waals surface area contributed by atoms with Crippen molar-refractivity contribution in [3.63, 3.8) is 0 Å². The van der Waals surface area contributed by atoms with Gasteiger partial charge in [-0.2, -0.15) is 0 Å². The van der Waals surface area contributed by atoms with Gasteiger partial charge in [-0.3, -0.25) is 4.98 Å². The number of pyridine rings is 1. The first-order valence-electron chi connectivity index (χ1n) is 3.97. The summed E-state index contributed by atoms with van der Waals surface area (Å²) < 4.78 is 13.0. The Kier molecular flexibility index (Phi) is 2.79. The van der Waals surface area contributed by atoms with E-state index in [-0.39, 0.29) is 16.1 Å². The summed E-state index contributed by atoms with van der Waals surface area (Å²) in [6, 6.07) is 3.36. The maximum absolute atomic E-state index is 13.0. The average Bonchev–Trinajstić information content (AvgIpc) is 2.26. The molecule has 2 rings (SSSR count). The molecule has 0 N–H and O–H groups in total. The van der Waals surface area contributed by atoms with Gasteiger partial charge >= 0.3 is 0 Å². The standard InChI is InChI=1S/C9H4Cl2FN3/c10-7-6(12)8(11)15-9(14-7)5-1-3-13-4-2-5/h1-4H. The van der Waals surface area contributed by atoms with Crippen LogP contribution in [0.5, 0.6) is 0 Å². The third-order valence-corrected chi connectivity index (χ3v) is 2.21. The van der Waals surface area contributed by atoms with E-state index >= 15 is 0 Å². The predicted octanol–water partition coefficient (Wildman–Crippen LogP) is 2.98. The van der Waals surface area contributed by atoms with Crippen molar-refractivity contribution in [2.45, 2.75) is 0 Å². The zero-order chi connectivity index (χ0) is 10.8. The maximum atomic E-state index is 13.0. The average molecular weight is 244 g/mol. The molecule has 15 heavy (non-hydrogen) atoms. The lowest BCUT2D eigenvalue weighted by Gasteiger charge is -2.01. The third kappa shape index (κ3) is 2.06. The van der Waals surface area contributed by atoms with Crippen LogP contribution in [-0.4, -0.2) is 15.0 Å². The molecule has 76 valence electrons. The lowest BCUT2D eigenvalue weighted by molar-refractivity contribution is 0.615. The van der Waals surface area contributed by atoms with Gasteiger partial charge in [0.2, 0.25) is 0 Å². The van der Waals surface area contributed by atoms with Gasteiger partial charge in [0.15, 0.2) is 21.9 Å². The highest BCUT2D eigenvalue weighted by molar-refractivity contribution is 6.33. The summed E-state index contributed by atoms with van der Waals surface area (Å²) in [7, 11) is 0. The van der Waals surface area contributed by atoms with E-state index in [9.17, 15) is 4.39 Å². The van der Waals surface area contributed by atoms with E-state index in [1.165, 1.54) is 0 Å². The monoisotopic (exact) mass is 243 g/mol. The van der Waals surface area contributed by atoms with Gasteiger partial charge in [0, 0.05) is 18.0 Å². The zero-order valence-corrected chi connectivity index (χ0v) is 8.80. The first-order valence-corrected chi connectivity index (χ1v) is 4.73. The van der Waals surface area contributed by atoms with Crippen LogP contribution < -0.4 is 0 Å². The lowest BCUT2D eigenvalue weighted by atomic mass is 10.2. The summed E-state index contributed by atoms with van der Waals surface area (Å²) in [5.74, 6) is -0.537. The van der Waals surface area contributed by atoms with Gasteiger partial charge in [-0.1, -0.05) is 23.2 Å². The highest BCUT2D eigenvalue weighted by Crippen LogP contribution is 2.23. The molecule has 0 atom stereocenters. The second-order valence-electron chi connectivity index (χ2n) is 2.68. The minimum atomic E-state index is -0.809. The number of halogens is 3. The van der Waals surface area contributed by atoms with Crippen LogP contribution in [0.2, 0.25) is 10.3 Å². The Balaban J connectivity index is 2.56. The first-order chi connectivity index (χ1) is 7.18. The normalized spacial score (nSPS) is 10.3. The highest BCUT2D eigenvalue weighted by Gasteiger charge is 2.11. The van der Waals surface area contributed by atoms with E-state index in [1.807, 2.05) is 0 Å². The van der Waals surface area contributed by atoms with Crippen molar-refractivity contribution in [1.29, 1.82) is 0 Å². The fourth-order valence-corrected chi connectivity index (χ4v) is 1.41. The molecule has 0 aromatic carbocycles. The van der Waals surface area contributed by atoms with Crippen molar-refractivity contribution < 1.29 is 4.39 Å². The zero-order valence-electron chi connectivity index (χ0n) is 7.28. The van der Waals surface area contributed by atoms with Gasteiger partial charge in [-0.05, 0) is 12.1 Å². The second-order valence-corrected chi connectivity index (χ2v) is 3.39. The van der Waals surface area contributed by atoms with Crippen molar-refractivity contribution in [1.82, 2.24) is 15.0 Å². The Labute approximate surface area is 94.9 Å². The number of hydrogen-bond acceptors (Lipinski definition) is 3. The van der Waals surface area contributed by atoms with Crippen molar-refractivity contribution in [2.24, 2.45) is 0 Å². The Morgan fingerprint density at radius 3 is 2.07 bits per heavy atom. The number of hydrogen-bond donors (Lipinski definition) is 0. The molecule has 0 saturated carbocycles. The molecule has 0 fully saturated rings. The SMILES string of the molecule is Fc1c(Cl)nc(-c2ccncc2)nc1Cl. The summed E-state index contributed by atoms with van der Waals surface area (Å²) in [6.45, 7) is 0. The molecule has 2 aromatic rings. The smallest absolute Gasteiger partial charge is 0.197 e. The van der Waals surface area contributed by atoms with E-state index in [0.717, 1.165) is 0 Å². The first kappa shape index (κ1) is 10.3. The highest BCUT2D eigenvalue weighted by atomic mass is 35.5. The van der Waals surface area contributed by atoms with E-state index in [1.54, 1.807) is 24.5 Å². The summed E-state index contributed by atoms with van der Waals surface area (Å²) in [5.41, 5.74) is 0.675. The molecule has 6 heteroatoms. The van der Waals surface area contributed by atoms with E-state index in [0.29, 0.717) is 5.56 Å². The molecule has 0 aliphatic carbocycles. The van der Waals surface area contributed by atoms with Crippen LogP contribution in [0.3, 0.4) is 0 Å². The Hall–Kier alpha value is -1.26. The molecule has 3 nitrogen and oxygen atoms in total. The topological polar surface area (TPSA) is 38.7 Å². The van der Waals surface area contributed by atoms with Gasteiger partial charge in [-0.25, -0.2) is 14.4 Å². The molecule has 0 radical (unpaired) electrons. The molecule has 0 amide bonds. The van der Waals surface area contributed by atoms with Crippen molar-refractivity contribution >= 4 is 23.2 Å². The minimum Gasteiger partial charge on any atom is -0.265 e. The van der Waals surface area contributed by atoms with Crippen LogP contribution in [0.4, 0.5) is 4.39 Å². The Bertz CT molecular complexity index is 467. The molecule has 2 heterocycles. The van der Waals surface area contributed by atoms with E-state index in [4.69, 9.17) is 23.2 Å². The molecule has 0 bridgehead atoms. The summed E-state index contributed by atoms with van der Waals surface area (Å²) in [6.07, 6.45) is 3.15. The summed E-state index contributed by atoms with van der Waals surface area (Å²) in [4.78, 5) is 11.4. The summed E-state index contributed by atoms with van der Waals surface area (Å²) >= 11 is 11.1. The fraction of sp³-hybridized carbons (Fsp3) is 0. The molecule has 0 unspecified atom stereocenters. The van der Waals surface area contributed by atoms with E-state index < -0.39 is 5.82 Å². The van der Waals surface area contributed by atoms with Gasteiger partial charge in [0.05, 0.1) is 0 Å². The van der Waals surface area contributed by atoms with Crippen LogP contribution in [0.15, 0.2) is 24.5 Å². The minimum absolute atomic E-state index is 0.272. The van der Waals surface area contributed by atoms with Crippen LogP contribution in [-0.2, 0) is 0 Å². The molecule has 0 aliphatic heterocycles. The quantitative estimate of drug-likeness (QED) is 0.723. The van der Waals surface area contributed by atoms with E-state index in [2.05, 4.69) is 15.0 Å². The van der Waals surface area contributed by atoms with Crippen molar-refractivity contribution in [3.05, 3.63) is 40.6 Å². The van der Waals surface area contributed by atoms with Gasteiger partial charge in [0.25, 0.3) is 0 Å². The third-order valence-electron chi connectivity index (χ3n) is 1.71. The van der Waals surface area contributed by atoms with Crippen LogP contribution in [0, 0.1) is 5.82 Å². The fourth-order valence-electron chi connectivity index (χ4n) is 1.02. The second kappa shape index (κ2) is 4.08. The molecule has 0 spiro atoms. The van der Waals surface area contributed by atoms with Gasteiger partial charge in [-0.15, -0.1) is 0 Å². The number of aromatic nitrogens is 3. The maximum Gasteiger partial charge on any atom is 0.197 e.